The second-order valence-electron chi connectivity index (χ2n) is 10.2. The molecule has 1 atom stereocenters. The minimum atomic E-state index is -4.67. The summed E-state index contributed by atoms with van der Waals surface area (Å²) in [6, 6.07) is 19.3. The molecular weight excluding hydrogens is 607 g/mol. The van der Waals surface area contributed by atoms with Gasteiger partial charge in [0.1, 0.15) is 5.75 Å². The average Bonchev–Trinajstić information content (AvgIpc) is 3.53. The van der Waals surface area contributed by atoms with Crippen molar-refractivity contribution in [2.75, 3.05) is 12.4 Å². The maximum atomic E-state index is 13.7. The van der Waals surface area contributed by atoms with Crippen molar-refractivity contribution in [1.82, 2.24) is 29.5 Å². The van der Waals surface area contributed by atoms with Crippen LogP contribution in [0.3, 0.4) is 0 Å². The highest BCUT2D eigenvalue weighted by molar-refractivity contribution is 6.31. The number of pyridine rings is 1. The molecule has 3 aromatic heterocycles. The third kappa shape index (κ3) is 6.09. The number of alkyl halides is 3. The Hall–Kier alpha value is -5.23. The Kier molecular flexibility index (Phi) is 7.98. The Labute approximate surface area is 259 Å². The van der Waals surface area contributed by atoms with Crippen LogP contribution >= 0.6 is 11.6 Å². The predicted molar refractivity (Wildman–Crippen MR) is 165 cm³/mol. The summed E-state index contributed by atoms with van der Waals surface area (Å²) >= 11 is 6.29. The molecule has 0 aliphatic heterocycles. The molecule has 13 heteroatoms. The van der Waals surface area contributed by atoms with Gasteiger partial charge in [0.25, 0.3) is 5.56 Å². The Morgan fingerprint density at radius 3 is 2.44 bits per heavy atom. The Balaban J connectivity index is 1.40. The Bertz CT molecular complexity index is 2060. The Morgan fingerprint density at radius 2 is 1.73 bits per heavy atom. The molecule has 1 N–H and O–H groups in total. The lowest BCUT2D eigenvalue weighted by Crippen LogP contribution is -2.25. The molecule has 0 fully saturated rings. The van der Waals surface area contributed by atoms with E-state index in [1.165, 1.54) is 25.3 Å². The van der Waals surface area contributed by atoms with Crippen molar-refractivity contribution < 1.29 is 17.9 Å². The first-order valence-electron chi connectivity index (χ1n) is 13.8. The van der Waals surface area contributed by atoms with E-state index < -0.39 is 11.9 Å². The van der Waals surface area contributed by atoms with E-state index in [0.29, 0.717) is 34.3 Å². The van der Waals surface area contributed by atoms with Crippen molar-refractivity contribution in [1.29, 1.82) is 0 Å². The molecule has 0 spiro atoms. The monoisotopic (exact) mass is 631 g/mol. The van der Waals surface area contributed by atoms with Crippen molar-refractivity contribution in [2.45, 2.75) is 25.6 Å². The van der Waals surface area contributed by atoms with Gasteiger partial charge in [0, 0.05) is 40.3 Å². The number of benzene rings is 3. The summed E-state index contributed by atoms with van der Waals surface area (Å²) in [5.74, 6) is 0.800. The number of hydrogen-bond donors (Lipinski definition) is 1. The van der Waals surface area contributed by atoms with Crippen molar-refractivity contribution >= 4 is 34.0 Å². The van der Waals surface area contributed by atoms with E-state index in [1.807, 2.05) is 43.3 Å². The van der Waals surface area contributed by atoms with Crippen molar-refractivity contribution in [3.05, 3.63) is 118 Å². The normalized spacial score (nSPS) is 12.3. The Morgan fingerprint density at radius 1 is 0.956 bits per heavy atom. The molecule has 9 nitrogen and oxygen atoms in total. The SMILES string of the molecule is CCC(c1ccc2ccc(Nc3ncccn3)cc2c1)n1cc(OC)c(-c2cc(Cl)ccc2-n2cc(C(F)(F)F)nn2)cc1=O. The second-order valence-corrected chi connectivity index (χ2v) is 10.6. The van der Waals surface area contributed by atoms with Gasteiger partial charge in [-0.1, -0.05) is 41.9 Å². The second kappa shape index (κ2) is 12.0. The maximum absolute atomic E-state index is 13.7. The van der Waals surface area contributed by atoms with E-state index >= 15 is 0 Å². The van der Waals surface area contributed by atoms with E-state index in [4.69, 9.17) is 16.3 Å². The summed E-state index contributed by atoms with van der Waals surface area (Å²) in [5.41, 5.74) is 1.16. The number of methoxy groups -OCH3 is 1. The van der Waals surface area contributed by atoms with Crippen molar-refractivity contribution in [3.63, 3.8) is 0 Å². The lowest BCUT2D eigenvalue weighted by Gasteiger charge is -2.22. The fourth-order valence-electron chi connectivity index (χ4n) is 5.22. The molecule has 0 saturated heterocycles. The quantitative estimate of drug-likeness (QED) is 0.186. The van der Waals surface area contributed by atoms with Crippen molar-refractivity contribution in [3.8, 4) is 22.6 Å². The summed E-state index contributed by atoms with van der Waals surface area (Å²) in [6.45, 7) is 1.98. The van der Waals surface area contributed by atoms with Gasteiger partial charge in [-0.15, -0.1) is 5.10 Å². The smallest absolute Gasteiger partial charge is 0.436 e. The van der Waals surface area contributed by atoms with Gasteiger partial charge in [-0.2, -0.15) is 13.2 Å². The number of rotatable bonds is 8. The van der Waals surface area contributed by atoms with E-state index in [9.17, 15) is 18.0 Å². The van der Waals surface area contributed by atoms with Gasteiger partial charge in [-0.05, 0) is 65.2 Å². The standard InChI is InChI=1S/C32H25ClF3N7O2/c1-3-26(20-6-5-19-7-9-23(14-21(19)13-20)39-31-37-11-4-12-38-31)42-17-28(45-2)25(16-30(42)44)24-15-22(33)8-10-27(24)43-18-29(40-41-43)32(34,35)36/h4-18,26H,3H2,1-2H3,(H,37,38,39). The van der Waals surface area contributed by atoms with Crippen molar-refractivity contribution in [2.24, 2.45) is 0 Å². The number of fused-ring (bicyclic) bond motifs is 1. The molecule has 0 radical (unpaired) electrons. The van der Waals surface area contributed by atoms with Crippen LogP contribution in [0.5, 0.6) is 5.75 Å². The molecular formula is C32H25ClF3N7O2. The first-order chi connectivity index (χ1) is 21.6. The van der Waals surface area contributed by atoms with Gasteiger partial charge >= 0.3 is 6.18 Å². The zero-order chi connectivity index (χ0) is 31.7. The van der Waals surface area contributed by atoms with Crippen LogP contribution in [0.4, 0.5) is 24.8 Å². The molecule has 6 rings (SSSR count). The third-order valence-electron chi connectivity index (χ3n) is 7.34. The summed E-state index contributed by atoms with van der Waals surface area (Å²) in [6.07, 6.45) is 1.61. The number of ether oxygens (including phenoxy) is 1. The number of halogens is 4. The minimum Gasteiger partial charge on any atom is -0.495 e. The molecule has 1 unspecified atom stereocenters. The topological polar surface area (TPSA) is 99.8 Å². The molecule has 3 heterocycles. The van der Waals surface area contributed by atoms with Crippen LogP contribution in [0.1, 0.15) is 30.6 Å². The van der Waals surface area contributed by atoms with Gasteiger partial charge in [-0.25, -0.2) is 14.6 Å². The van der Waals surface area contributed by atoms with E-state index in [0.717, 1.165) is 32.9 Å². The fourth-order valence-corrected chi connectivity index (χ4v) is 5.39. The summed E-state index contributed by atoms with van der Waals surface area (Å²) < 4.78 is 48.1. The van der Waals surface area contributed by atoms with Crippen LogP contribution in [0.2, 0.25) is 5.02 Å². The average molecular weight is 632 g/mol. The minimum absolute atomic E-state index is 0.240. The summed E-state index contributed by atoms with van der Waals surface area (Å²) in [5, 5.41) is 12.4. The summed E-state index contributed by atoms with van der Waals surface area (Å²) in [7, 11) is 1.46. The number of anilines is 2. The first kappa shape index (κ1) is 29.8. The lowest BCUT2D eigenvalue weighted by molar-refractivity contribution is -0.141. The molecule has 228 valence electrons. The number of nitrogens with zero attached hydrogens (tertiary/aromatic N) is 6. The van der Waals surface area contributed by atoms with E-state index in [1.54, 1.807) is 35.3 Å². The van der Waals surface area contributed by atoms with Gasteiger partial charge < -0.3 is 14.6 Å². The van der Waals surface area contributed by atoms with Gasteiger partial charge in [-0.3, -0.25) is 4.79 Å². The zero-order valence-corrected chi connectivity index (χ0v) is 24.7. The molecule has 0 aliphatic carbocycles. The van der Waals surface area contributed by atoms with Crippen LogP contribution < -0.4 is 15.6 Å². The number of nitrogens with one attached hydrogen (secondary N) is 1. The maximum Gasteiger partial charge on any atom is 0.436 e. The summed E-state index contributed by atoms with van der Waals surface area (Å²) in [4.78, 5) is 22.1. The largest absolute Gasteiger partial charge is 0.495 e. The zero-order valence-electron chi connectivity index (χ0n) is 24.0. The first-order valence-corrected chi connectivity index (χ1v) is 14.2. The molecule has 0 aliphatic rings. The van der Waals surface area contributed by atoms with E-state index in [-0.39, 0.29) is 17.3 Å². The molecule has 0 amide bonds. The van der Waals surface area contributed by atoms with Gasteiger partial charge in [0.05, 0.1) is 31.2 Å². The lowest BCUT2D eigenvalue weighted by atomic mass is 9.98. The molecule has 3 aromatic carbocycles. The number of hydrogen-bond acceptors (Lipinski definition) is 7. The highest BCUT2D eigenvalue weighted by atomic mass is 35.5. The molecule has 0 saturated carbocycles. The number of aromatic nitrogens is 6. The third-order valence-corrected chi connectivity index (χ3v) is 7.57. The highest BCUT2D eigenvalue weighted by Gasteiger charge is 2.35. The van der Waals surface area contributed by atoms with Crippen LogP contribution in [-0.4, -0.2) is 36.6 Å². The van der Waals surface area contributed by atoms with Crippen LogP contribution in [0.15, 0.2) is 96.3 Å². The fraction of sp³-hybridized carbons (Fsp3) is 0.156. The van der Waals surface area contributed by atoms with E-state index in [2.05, 4.69) is 25.6 Å². The van der Waals surface area contributed by atoms with Crippen LogP contribution in [0, 0.1) is 0 Å². The molecule has 45 heavy (non-hydrogen) atoms. The van der Waals surface area contributed by atoms with Gasteiger partial charge in [0.15, 0.2) is 5.69 Å². The molecule has 6 aromatic rings. The molecule has 0 bridgehead atoms. The van der Waals surface area contributed by atoms with Crippen LogP contribution in [-0.2, 0) is 6.18 Å². The predicted octanol–water partition coefficient (Wildman–Crippen LogP) is 7.46. The van der Waals surface area contributed by atoms with Gasteiger partial charge in [0.2, 0.25) is 5.95 Å². The highest BCUT2D eigenvalue weighted by Crippen LogP contribution is 2.37. The van der Waals surface area contributed by atoms with Crippen LogP contribution in [0.25, 0.3) is 27.6 Å².